The molecule has 0 saturated carbocycles. The summed E-state index contributed by atoms with van der Waals surface area (Å²) < 4.78 is 10.5. The summed E-state index contributed by atoms with van der Waals surface area (Å²) in [6.45, 7) is 8.34. The Balaban J connectivity index is 2.59. The molecule has 0 aliphatic heterocycles. The van der Waals surface area contributed by atoms with E-state index in [1.807, 2.05) is 19.1 Å². The lowest BCUT2D eigenvalue weighted by atomic mass is 10.2. The summed E-state index contributed by atoms with van der Waals surface area (Å²) in [5.41, 5.74) is 1.83. The standard InChI is InChI=1S/C15H26N2O3/c1-11(2)7-16-8-14-15(6-5-12(3)17-14)20-10-13(18)9-19-4/h5-6,11,13,16,18H,7-10H2,1-4H3. The van der Waals surface area contributed by atoms with E-state index in [1.165, 1.54) is 0 Å². The van der Waals surface area contributed by atoms with E-state index in [2.05, 4.69) is 24.1 Å². The summed E-state index contributed by atoms with van der Waals surface area (Å²) >= 11 is 0. The van der Waals surface area contributed by atoms with Gasteiger partial charge in [0.25, 0.3) is 0 Å². The van der Waals surface area contributed by atoms with Crippen LogP contribution in [0, 0.1) is 12.8 Å². The summed E-state index contributed by atoms with van der Waals surface area (Å²) in [6.07, 6.45) is -0.627. The number of hydrogen-bond donors (Lipinski definition) is 2. The van der Waals surface area contributed by atoms with E-state index in [-0.39, 0.29) is 13.2 Å². The van der Waals surface area contributed by atoms with Gasteiger partial charge in [0.05, 0.1) is 12.3 Å². The molecule has 0 amide bonds. The van der Waals surface area contributed by atoms with Crippen LogP contribution >= 0.6 is 0 Å². The number of rotatable bonds is 9. The molecule has 0 bridgehead atoms. The van der Waals surface area contributed by atoms with Crippen LogP contribution in [0.2, 0.25) is 0 Å². The van der Waals surface area contributed by atoms with Crippen LogP contribution < -0.4 is 10.1 Å². The third kappa shape index (κ3) is 6.32. The van der Waals surface area contributed by atoms with E-state index in [0.29, 0.717) is 18.2 Å². The Morgan fingerprint density at radius 1 is 1.30 bits per heavy atom. The van der Waals surface area contributed by atoms with Crippen LogP contribution in [0.1, 0.15) is 25.2 Å². The first-order valence-corrected chi connectivity index (χ1v) is 7.00. The van der Waals surface area contributed by atoms with Crippen molar-refractivity contribution in [2.45, 2.75) is 33.4 Å². The van der Waals surface area contributed by atoms with E-state index in [4.69, 9.17) is 9.47 Å². The zero-order valence-electron chi connectivity index (χ0n) is 12.8. The van der Waals surface area contributed by atoms with E-state index in [9.17, 15) is 5.11 Å². The van der Waals surface area contributed by atoms with Crippen LogP contribution in [0.4, 0.5) is 0 Å². The molecule has 0 aromatic carbocycles. The molecule has 1 rings (SSSR count). The SMILES string of the molecule is COCC(O)COc1ccc(C)nc1CNCC(C)C. The van der Waals surface area contributed by atoms with Crippen molar-refractivity contribution in [1.29, 1.82) is 0 Å². The van der Waals surface area contributed by atoms with Gasteiger partial charge in [0.1, 0.15) is 18.5 Å². The van der Waals surface area contributed by atoms with Crippen LogP contribution in [-0.2, 0) is 11.3 Å². The Hall–Kier alpha value is -1.17. The number of ether oxygens (including phenoxy) is 2. The average Bonchev–Trinajstić information content (AvgIpc) is 2.37. The van der Waals surface area contributed by atoms with Gasteiger partial charge in [-0.25, -0.2) is 0 Å². The minimum Gasteiger partial charge on any atom is -0.489 e. The molecular weight excluding hydrogens is 256 g/mol. The number of methoxy groups -OCH3 is 1. The van der Waals surface area contributed by atoms with Crippen molar-refractivity contribution in [3.63, 3.8) is 0 Å². The van der Waals surface area contributed by atoms with E-state index in [1.54, 1.807) is 7.11 Å². The van der Waals surface area contributed by atoms with Gasteiger partial charge in [-0.2, -0.15) is 0 Å². The number of aliphatic hydroxyl groups excluding tert-OH is 1. The maximum Gasteiger partial charge on any atom is 0.142 e. The fraction of sp³-hybridized carbons (Fsp3) is 0.667. The number of aromatic nitrogens is 1. The van der Waals surface area contributed by atoms with Crippen molar-refractivity contribution in [2.24, 2.45) is 5.92 Å². The van der Waals surface area contributed by atoms with Crippen molar-refractivity contribution < 1.29 is 14.6 Å². The monoisotopic (exact) mass is 282 g/mol. The molecule has 0 aliphatic rings. The minimum absolute atomic E-state index is 0.204. The molecule has 0 spiro atoms. The minimum atomic E-state index is -0.627. The Labute approximate surface area is 121 Å². The van der Waals surface area contributed by atoms with Gasteiger partial charge < -0.3 is 19.9 Å². The first-order valence-electron chi connectivity index (χ1n) is 7.00. The number of hydrogen-bond acceptors (Lipinski definition) is 5. The van der Waals surface area contributed by atoms with Crippen LogP contribution in [0.25, 0.3) is 0 Å². The molecule has 0 radical (unpaired) electrons. The number of nitrogens with one attached hydrogen (secondary N) is 1. The summed E-state index contributed by atoms with van der Waals surface area (Å²) in [5.74, 6) is 1.30. The van der Waals surface area contributed by atoms with E-state index >= 15 is 0 Å². The highest BCUT2D eigenvalue weighted by atomic mass is 16.5. The predicted octanol–water partition coefficient (Wildman–Crippen LogP) is 1.52. The molecule has 2 N–H and O–H groups in total. The van der Waals surface area contributed by atoms with Gasteiger partial charge in [-0.3, -0.25) is 4.98 Å². The van der Waals surface area contributed by atoms with Crippen molar-refractivity contribution in [3.05, 3.63) is 23.5 Å². The first kappa shape index (κ1) is 16.9. The van der Waals surface area contributed by atoms with Crippen LogP contribution in [0.15, 0.2) is 12.1 Å². The van der Waals surface area contributed by atoms with Crippen molar-refractivity contribution in [1.82, 2.24) is 10.3 Å². The maximum atomic E-state index is 9.62. The lowest BCUT2D eigenvalue weighted by Gasteiger charge is -2.15. The van der Waals surface area contributed by atoms with Gasteiger partial charge in [-0.1, -0.05) is 13.8 Å². The van der Waals surface area contributed by atoms with E-state index < -0.39 is 6.10 Å². The summed E-state index contributed by atoms with van der Waals surface area (Å²) in [5, 5.41) is 13.0. The average molecular weight is 282 g/mol. The lowest BCUT2D eigenvalue weighted by molar-refractivity contribution is 0.0322. The summed E-state index contributed by atoms with van der Waals surface area (Å²) in [7, 11) is 1.55. The molecule has 1 aromatic rings. The maximum absolute atomic E-state index is 9.62. The number of aliphatic hydroxyl groups is 1. The topological polar surface area (TPSA) is 63.6 Å². The highest BCUT2D eigenvalue weighted by molar-refractivity contribution is 5.29. The molecule has 1 unspecified atom stereocenters. The van der Waals surface area contributed by atoms with Crippen LogP contribution in [0.3, 0.4) is 0 Å². The largest absolute Gasteiger partial charge is 0.489 e. The Morgan fingerprint density at radius 3 is 2.70 bits per heavy atom. The third-order valence-electron chi connectivity index (χ3n) is 2.71. The van der Waals surface area contributed by atoms with Crippen LogP contribution in [-0.4, -0.2) is 43.1 Å². The highest BCUT2D eigenvalue weighted by Gasteiger charge is 2.09. The smallest absolute Gasteiger partial charge is 0.142 e. The number of pyridine rings is 1. The molecule has 0 saturated heterocycles. The molecular formula is C15H26N2O3. The van der Waals surface area contributed by atoms with Crippen molar-refractivity contribution in [3.8, 4) is 5.75 Å². The molecule has 5 nitrogen and oxygen atoms in total. The Bertz CT molecular complexity index is 397. The molecule has 1 atom stereocenters. The zero-order chi connectivity index (χ0) is 15.0. The van der Waals surface area contributed by atoms with Gasteiger partial charge in [0.2, 0.25) is 0 Å². The molecule has 114 valence electrons. The number of nitrogens with zero attached hydrogens (tertiary/aromatic N) is 1. The quantitative estimate of drug-likeness (QED) is 0.719. The van der Waals surface area contributed by atoms with Gasteiger partial charge in [-0.05, 0) is 31.5 Å². The predicted molar refractivity (Wildman–Crippen MR) is 78.9 cm³/mol. The Kier molecular flexibility index (Phi) is 7.51. The second-order valence-electron chi connectivity index (χ2n) is 5.34. The van der Waals surface area contributed by atoms with Gasteiger partial charge in [0, 0.05) is 19.3 Å². The highest BCUT2D eigenvalue weighted by Crippen LogP contribution is 2.17. The molecule has 1 heterocycles. The number of aryl methyl sites for hydroxylation is 1. The molecule has 1 aromatic heterocycles. The second-order valence-corrected chi connectivity index (χ2v) is 5.34. The second kappa shape index (κ2) is 8.89. The first-order chi connectivity index (χ1) is 9.52. The fourth-order valence-electron chi connectivity index (χ4n) is 1.76. The fourth-order valence-corrected chi connectivity index (χ4v) is 1.76. The molecule has 5 heteroatoms. The molecule has 20 heavy (non-hydrogen) atoms. The zero-order valence-corrected chi connectivity index (χ0v) is 12.8. The molecule has 0 fully saturated rings. The summed E-state index contributed by atoms with van der Waals surface area (Å²) in [4.78, 5) is 4.49. The van der Waals surface area contributed by atoms with Crippen molar-refractivity contribution in [2.75, 3.05) is 26.9 Å². The van der Waals surface area contributed by atoms with Gasteiger partial charge in [-0.15, -0.1) is 0 Å². The van der Waals surface area contributed by atoms with E-state index in [0.717, 1.165) is 17.9 Å². The Morgan fingerprint density at radius 2 is 2.05 bits per heavy atom. The normalized spacial score (nSPS) is 12.7. The van der Waals surface area contributed by atoms with Crippen molar-refractivity contribution >= 4 is 0 Å². The van der Waals surface area contributed by atoms with Crippen LogP contribution in [0.5, 0.6) is 5.75 Å². The molecule has 0 aliphatic carbocycles. The lowest BCUT2D eigenvalue weighted by Crippen LogP contribution is -2.24. The third-order valence-corrected chi connectivity index (χ3v) is 2.71. The van der Waals surface area contributed by atoms with Gasteiger partial charge >= 0.3 is 0 Å². The van der Waals surface area contributed by atoms with Gasteiger partial charge in [0.15, 0.2) is 0 Å². The summed E-state index contributed by atoms with van der Waals surface area (Å²) in [6, 6.07) is 3.80.